The predicted octanol–water partition coefficient (Wildman–Crippen LogP) is 1.22. The second-order valence-corrected chi connectivity index (χ2v) is 4.90. The molecular weight excluding hydrogens is 307 g/mol. The number of nitrogens with zero attached hydrogens (tertiary/aromatic N) is 2. The SMILES string of the molecule is CCCN1C(=O)C(=O)N(CC(=O)c2cc(F)ccc2OC)C1=O. The van der Waals surface area contributed by atoms with E-state index in [1.165, 1.54) is 13.2 Å². The van der Waals surface area contributed by atoms with Crippen LogP contribution in [0.1, 0.15) is 23.7 Å². The lowest BCUT2D eigenvalue weighted by molar-refractivity contribution is -0.143. The first-order valence-electron chi connectivity index (χ1n) is 6.94. The first-order chi connectivity index (χ1) is 10.9. The molecule has 2 rings (SSSR count). The molecule has 23 heavy (non-hydrogen) atoms. The standard InChI is InChI=1S/C15H15FN2O5/c1-3-6-17-13(20)14(21)18(15(17)22)8-11(19)10-7-9(16)4-5-12(10)23-2/h4-5,7H,3,6,8H2,1-2H3. The quantitative estimate of drug-likeness (QED) is 0.447. The fraction of sp³-hybridized carbons (Fsp3) is 0.333. The van der Waals surface area contributed by atoms with Crippen LogP contribution in [0.15, 0.2) is 18.2 Å². The number of urea groups is 1. The number of halogens is 1. The van der Waals surface area contributed by atoms with E-state index in [0.29, 0.717) is 11.3 Å². The molecule has 1 heterocycles. The summed E-state index contributed by atoms with van der Waals surface area (Å²) in [5, 5.41) is 0. The largest absolute Gasteiger partial charge is 0.496 e. The zero-order valence-corrected chi connectivity index (χ0v) is 12.7. The molecule has 7 nitrogen and oxygen atoms in total. The molecule has 0 aliphatic carbocycles. The molecule has 1 fully saturated rings. The zero-order chi connectivity index (χ0) is 17.1. The number of ether oxygens (including phenoxy) is 1. The Morgan fingerprint density at radius 3 is 2.43 bits per heavy atom. The number of Topliss-reactive ketones (excluding diaryl/α,β-unsaturated/α-hetero) is 1. The third-order valence-corrected chi connectivity index (χ3v) is 3.35. The first kappa shape index (κ1) is 16.6. The maximum absolute atomic E-state index is 13.3. The van der Waals surface area contributed by atoms with Gasteiger partial charge in [0.15, 0.2) is 5.78 Å². The highest BCUT2D eigenvalue weighted by atomic mass is 19.1. The predicted molar refractivity (Wildman–Crippen MR) is 76.4 cm³/mol. The van der Waals surface area contributed by atoms with Crippen molar-refractivity contribution < 1.29 is 28.3 Å². The molecule has 122 valence electrons. The van der Waals surface area contributed by atoms with Gasteiger partial charge in [0.25, 0.3) is 0 Å². The van der Waals surface area contributed by atoms with Gasteiger partial charge >= 0.3 is 17.8 Å². The second-order valence-electron chi connectivity index (χ2n) is 4.90. The summed E-state index contributed by atoms with van der Waals surface area (Å²) in [5.41, 5.74) is -0.102. The lowest BCUT2D eigenvalue weighted by Gasteiger charge is -2.15. The molecule has 0 atom stereocenters. The van der Waals surface area contributed by atoms with Gasteiger partial charge in [-0.2, -0.15) is 0 Å². The van der Waals surface area contributed by atoms with Gasteiger partial charge in [0, 0.05) is 6.54 Å². The minimum atomic E-state index is -1.06. The Morgan fingerprint density at radius 2 is 1.83 bits per heavy atom. The van der Waals surface area contributed by atoms with Crippen molar-refractivity contribution in [3.63, 3.8) is 0 Å². The molecule has 1 saturated heterocycles. The van der Waals surface area contributed by atoms with Crippen LogP contribution in [-0.4, -0.2) is 53.6 Å². The maximum atomic E-state index is 13.3. The normalized spacial score (nSPS) is 14.7. The van der Waals surface area contributed by atoms with E-state index in [-0.39, 0.29) is 17.9 Å². The van der Waals surface area contributed by atoms with E-state index < -0.39 is 36.0 Å². The third kappa shape index (κ3) is 3.05. The Labute approximate surface area is 131 Å². The summed E-state index contributed by atoms with van der Waals surface area (Å²) in [4.78, 5) is 49.3. The number of hydrogen-bond acceptors (Lipinski definition) is 5. The fourth-order valence-corrected chi connectivity index (χ4v) is 2.24. The molecule has 8 heteroatoms. The Balaban J connectivity index is 2.24. The number of carbonyl (C=O) groups excluding carboxylic acids is 4. The van der Waals surface area contributed by atoms with Crippen LogP contribution < -0.4 is 4.74 Å². The molecule has 0 aromatic heterocycles. The summed E-state index contributed by atoms with van der Waals surface area (Å²) in [5.74, 6) is -3.26. The monoisotopic (exact) mass is 322 g/mol. The lowest BCUT2D eigenvalue weighted by Crippen LogP contribution is -2.37. The van der Waals surface area contributed by atoms with Gasteiger partial charge in [0.1, 0.15) is 11.6 Å². The van der Waals surface area contributed by atoms with Gasteiger partial charge in [-0.3, -0.25) is 19.3 Å². The molecular formula is C15H15FN2O5. The van der Waals surface area contributed by atoms with E-state index in [0.717, 1.165) is 17.0 Å². The van der Waals surface area contributed by atoms with Gasteiger partial charge in [-0.05, 0) is 24.6 Å². The molecule has 1 aromatic carbocycles. The topological polar surface area (TPSA) is 84.0 Å². The molecule has 0 saturated carbocycles. The van der Waals surface area contributed by atoms with Crippen molar-refractivity contribution in [1.82, 2.24) is 9.80 Å². The maximum Gasteiger partial charge on any atom is 0.334 e. The van der Waals surface area contributed by atoms with Crippen LogP contribution in [0.5, 0.6) is 5.75 Å². The van der Waals surface area contributed by atoms with Crippen molar-refractivity contribution in [2.75, 3.05) is 20.2 Å². The molecule has 0 N–H and O–H groups in total. The Kier molecular flexibility index (Phi) is 4.73. The van der Waals surface area contributed by atoms with E-state index in [4.69, 9.17) is 4.74 Å². The number of rotatable bonds is 6. The van der Waals surface area contributed by atoms with Gasteiger partial charge in [0.2, 0.25) is 0 Å². The summed E-state index contributed by atoms with van der Waals surface area (Å²) in [6, 6.07) is 2.50. The Morgan fingerprint density at radius 1 is 1.17 bits per heavy atom. The van der Waals surface area contributed by atoms with Crippen molar-refractivity contribution in [3.05, 3.63) is 29.6 Å². The fourth-order valence-electron chi connectivity index (χ4n) is 2.24. The second kappa shape index (κ2) is 6.55. The molecule has 0 unspecified atom stereocenters. The number of carbonyl (C=O) groups is 4. The summed E-state index contributed by atoms with van der Waals surface area (Å²) in [6.07, 6.45) is 0.490. The van der Waals surface area contributed by atoms with Gasteiger partial charge < -0.3 is 4.74 Å². The molecule has 1 aliphatic heterocycles. The summed E-state index contributed by atoms with van der Waals surface area (Å²) in [7, 11) is 1.31. The number of hydrogen-bond donors (Lipinski definition) is 0. The minimum absolute atomic E-state index is 0.0946. The highest BCUT2D eigenvalue weighted by Crippen LogP contribution is 2.21. The number of methoxy groups -OCH3 is 1. The van der Waals surface area contributed by atoms with Crippen molar-refractivity contribution in [1.29, 1.82) is 0 Å². The van der Waals surface area contributed by atoms with Crippen molar-refractivity contribution in [2.45, 2.75) is 13.3 Å². The van der Waals surface area contributed by atoms with Gasteiger partial charge in [-0.25, -0.2) is 14.1 Å². The first-order valence-corrected chi connectivity index (χ1v) is 6.94. The van der Waals surface area contributed by atoms with Gasteiger partial charge in [-0.1, -0.05) is 6.92 Å². The van der Waals surface area contributed by atoms with Crippen molar-refractivity contribution in [3.8, 4) is 5.75 Å². The van der Waals surface area contributed by atoms with Crippen molar-refractivity contribution in [2.24, 2.45) is 0 Å². The van der Waals surface area contributed by atoms with Crippen LogP contribution in [0.3, 0.4) is 0 Å². The van der Waals surface area contributed by atoms with Gasteiger partial charge in [-0.15, -0.1) is 0 Å². The minimum Gasteiger partial charge on any atom is -0.496 e. The highest BCUT2D eigenvalue weighted by Gasteiger charge is 2.44. The summed E-state index contributed by atoms with van der Waals surface area (Å²) < 4.78 is 18.3. The number of imide groups is 2. The van der Waals surface area contributed by atoms with E-state index in [1.54, 1.807) is 6.92 Å². The molecule has 0 radical (unpaired) electrons. The van der Waals surface area contributed by atoms with Gasteiger partial charge in [0.05, 0.1) is 19.2 Å². The molecule has 1 aliphatic rings. The highest BCUT2D eigenvalue weighted by molar-refractivity contribution is 6.45. The summed E-state index contributed by atoms with van der Waals surface area (Å²) >= 11 is 0. The zero-order valence-electron chi connectivity index (χ0n) is 12.7. The van der Waals surface area contributed by atoms with E-state index in [9.17, 15) is 23.6 Å². The lowest BCUT2D eigenvalue weighted by atomic mass is 10.1. The van der Waals surface area contributed by atoms with Crippen LogP contribution in [-0.2, 0) is 9.59 Å². The average Bonchev–Trinajstić information content (AvgIpc) is 2.73. The number of benzene rings is 1. The average molecular weight is 322 g/mol. The van der Waals surface area contributed by atoms with E-state index in [2.05, 4.69) is 0 Å². The van der Waals surface area contributed by atoms with Crippen LogP contribution in [0.4, 0.5) is 9.18 Å². The number of ketones is 1. The number of amides is 4. The third-order valence-electron chi connectivity index (χ3n) is 3.35. The Bertz CT molecular complexity index is 688. The molecule has 0 bridgehead atoms. The molecule has 1 aromatic rings. The van der Waals surface area contributed by atoms with Crippen LogP contribution in [0.25, 0.3) is 0 Å². The smallest absolute Gasteiger partial charge is 0.334 e. The molecule has 4 amide bonds. The van der Waals surface area contributed by atoms with Crippen LogP contribution in [0, 0.1) is 5.82 Å². The van der Waals surface area contributed by atoms with E-state index in [1.807, 2.05) is 0 Å². The molecule has 0 spiro atoms. The van der Waals surface area contributed by atoms with E-state index >= 15 is 0 Å². The Hall–Kier alpha value is -2.77. The van der Waals surface area contributed by atoms with Crippen molar-refractivity contribution >= 4 is 23.6 Å². The van der Waals surface area contributed by atoms with Crippen LogP contribution >= 0.6 is 0 Å². The summed E-state index contributed by atoms with van der Waals surface area (Å²) in [6.45, 7) is 1.19. The van der Waals surface area contributed by atoms with Crippen LogP contribution in [0.2, 0.25) is 0 Å².